The summed E-state index contributed by atoms with van der Waals surface area (Å²) >= 11 is 0. The van der Waals surface area contributed by atoms with Crippen molar-refractivity contribution in [3.63, 3.8) is 0 Å². The van der Waals surface area contributed by atoms with Crippen LogP contribution in [0.4, 0.5) is 0 Å². The van der Waals surface area contributed by atoms with E-state index in [1.807, 2.05) is 30.3 Å². The van der Waals surface area contributed by atoms with Crippen LogP contribution in [0.15, 0.2) is 35.4 Å². The topological polar surface area (TPSA) is 148 Å². The number of azide groups is 1. The molecular weight excluding hydrogens is 439 g/mol. The molecule has 1 aliphatic rings. The number of carbonyl (C=O) groups is 3. The Kier molecular flexibility index (Phi) is 9.87. The van der Waals surface area contributed by atoms with Gasteiger partial charge in [-0.15, -0.1) is 0 Å². The quantitative estimate of drug-likeness (QED) is 0.102. The van der Waals surface area contributed by atoms with Gasteiger partial charge in [0.25, 0.3) is 0 Å². The number of ketones is 1. The Hall–Kier alpha value is -2.71. The molecule has 0 spiro atoms. The van der Waals surface area contributed by atoms with Crippen LogP contribution in [0, 0.1) is 0 Å². The molecule has 174 valence electrons. The zero-order valence-electron chi connectivity index (χ0n) is 18.1. The van der Waals surface area contributed by atoms with E-state index >= 15 is 0 Å². The molecule has 32 heavy (non-hydrogen) atoms. The van der Waals surface area contributed by atoms with E-state index in [9.17, 15) is 18.9 Å². The summed E-state index contributed by atoms with van der Waals surface area (Å²) in [6.07, 6.45) is -0.0621. The third-order valence-corrected chi connectivity index (χ3v) is 6.64. The molecule has 1 unspecified atom stereocenters. The molecular formula is C20H27N4O7P. The number of likely N-dealkylation sites (tertiary alicyclic amines) is 1. The van der Waals surface area contributed by atoms with E-state index < -0.39 is 31.6 Å². The molecule has 1 amide bonds. The molecule has 2 rings (SSSR count). The van der Waals surface area contributed by atoms with Crippen LogP contribution < -0.4 is 0 Å². The maximum atomic E-state index is 13.1. The van der Waals surface area contributed by atoms with E-state index in [-0.39, 0.29) is 51.2 Å². The lowest BCUT2D eigenvalue weighted by molar-refractivity contribution is -0.149. The molecule has 0 radical (unpaired) electrons. The predicted molar refractivity (Wildman–Crippen MR) is 114 cm³/mol. The van der Waals surface area contributed by atoms with Crippen LogP contribution in [0.2, 0.25) is 0 Å². The van der Waals surface area contributed by atoms with Gasteiger partial charge in [0.2, 0.25) is 5.91 Å². The van der Waals surface area contributed by atoms with Gasteiger partial charge in [0.15, 0.2) is 0 Å². The van der Waals surface area contributed by atoms with Gasteiger partial charge in [-0.3, -0.25) is 14.2 Å². The van der Waals surface area contributed by atoms with E-state index in [1.54, 1.807) is 6.92 Å². The van der Waals surface area contributed by atoms with E-state index in [4.69, 9.17) is 19.3 Å². The molecule has 0 saturated carbocycles. The van der Waals surface area contributed by atoms with Crippen LogP contribution in [-0.4, -0.2) is 54.1 Å². The van der Waals surface area contributed by atoms with Crippen molar-refractivity contribution in [3.8, 4) is 0 Å². The van der Waals surface area contributed by atoms with E-state index in [0.717, 1.165) is 5.56 Å². The molecule has 1 aliphatic heterocycles. The number of amides is 1. The number of esters is 1. The average molecular weight is 466 g/mol. The normalized spacial score (nSPS) is 19.4. The number of Topliss-reactive ketones (excluding diaryl/α,β-unsaturated/α-hetero) is 1. The van der Waals surface area contributed by atoms with E-state index in [0.29, 0.717) is 0 Å². The van der Waals surface area contributed by atoms with Crippen LogP contribution in [0.25, 0.3) is 10.4 Å². The lowest BCUT2D eigenvalue weighted by atomic mass is 9.92. The smallest absolute Gasteiger partial charge is 0.349 e. The number of benzene rings is 1. The van der Waals surface area contributed by atoms with Crippen molar-refractivity contribution in [1.82, 2.24) is 4.90 Å². The van der Waals surface area contributed by atoms with Crippen molar-refractivity contribution in [2.75, 3.05) is 19.5 Å². The summed E-state index contributed by atoms with van der Waals surface area (Å²) in [5, 5.41) is 3.47. The molecule has 0 aromatic heterocycles. The van der Waals surface area contributed by atoms with E-state index in [2.05, 4.69) is 10.0 Å². The summed E-state index contributed by atoms with van der Waals surface area (Å²) < 4.78 is 28.9. The van der Waals surface area contributed by atoms with Gasteiger partial charge in [-0.05, 0) is 31.4 Å². The van der Waals surface area contributed by atoms with Gasteiger partial charge in [0, 0.05) is 11.3 Å². The summed E-state index contributed by atoms with van der Waals surface area (Å²) in [4.78, 5) is 39.5. The zero-order chi connectivity index (χ0) is 23.6. The summed E-state index contributed by atoms with van der Waals surface area (Å²) in [6.45, 7) is 3.00. The Labute approximate surface area is 186 Å². The van der Waals surface area contributed by atoms with Crippen LogP contribution in [0.1, 0.15) is 38.7 Å². The van der Waals surface area contributed by atoms with Crippen LogP contribution in [0.5, 0.6) is 0 Å². The van der Waals surface area contributed by atoms with Crippen molar-refractivity contribution in [2.24, 2.45) is 5.11 Å². The van der Waals surface area contributed by atoms with E-state index in [1.165, 1.54) is 11.8 Å². The minimum Gasteiger partial charge on any atom is -0.461 e. The minimum absolute atomic E-state index is 0.0651. The molecule has 0 bridgehead atoms. The molecule has 3 atom stereocenters. The lowest BCUT2D eigenvalue weighted by Crippen LogP contribution is -2.63. The second kappa shape index (κ2) is 12.4. The fraction of sp³-hybridized carbons (Fsp3) is 0.550. The lowest BCUT2D eigenvalue weighted by Gasteiger charge is -2.45. The molecule has 1 fully saturated rings. The molecule has 1 heterocycles. The molecule has 1 saturated heterocycles. The van der Waals surface area contributed by atoms with Crippen molar-refractivity contribution in [2.45, 2.75) is 51.8 Å². The van der Waals surface area contributed by atoms with Crippen molar-refractivity contribution >= 4 is 25.3 Å². The first-order valence-electron chi connectivity index (χ1n) is 10.2. The number of ether oxygens (including phenoxy) is 1. The Morgan fingerprint density at radius 3 is 2.56 bits per heavy atom. The van der Waals surface area contributed by atoms with Crippen molar-refractivity contribution in [1.29, 1.82) is 0 Å². The summed E-state index contributed by atoms with van der Waals surface area (Å²) in [5.74, 6) is -1.12. The Morgan fingerprint density at radius 1 is 1.22 bits per heavy atom. The molecule has 12 heteroatoms. The number of hydrogen-bond donors (Lipinski definition) is 0. The highest BCUT2D eigenvalue weighted by Crippen LogP contribution is 2.51. The van der Waals surface area contributed by atoms with Gasteiger partial charge >= 0.3 is 13.6 Å². The average Bonchev–Trinajstić information content (AvgIpc) is 2.76. The van der Waals surface area contributed by atoms with Gasteiger partial charge < -0.3 is 23.5 Å². The molecule has 0 aliphatic carbocycles. The highest BCUT2D eigenvalue weighted by molar-refractivity contribution is 7.53. The number of β-lactam (4-membered cyclic amide) rings is 1. The minimum atomic E-state index is -3.76. The first-order valence-corrected chi connectivity index (χ1v) is 11.9. The third kappa shape index (κ3) is 7.46. The SMILES string of the molecule is CCOP(=O)(CN1C(=O)[C@@H](N=[N+]=[N-])[C@H]1CCC(C)=O)OCCC(=O)OCc1ccccc1. The third-order valence-electron chi connectivity index (χ3n) is 4.76. The fourth-order valence-corrected chi connectivity index (χ4v) is 4.91. The zero-order valence-corrected chi connectivity index (χ0v) is 19.0. The van der Waals surface area contributed by atoms with Crippen LogP contribution >= 0.6 is 7.60 Å². The molecule has 1 aromatic carbocycles. The number of rotatable bonds is 14. The predicted octanol–water partition coefficient (Wildman–Crippen LogP) is 3.58. The Morgan fingerprint density at radius 2 is 1.94 bits per heavy atom. The Bertz CT molecular complexity index is 904. The van der Waals surface area contributed by atoms with Crippen molar-refractivity contribution < 1.29 is 32.7 Å². The Balaban J connectivity index is 1.91. The van der Waals surface area contributed by atoms with Gasteiger partial charge in [-0.25, -0.2) is 0 Å². The fourth-order valence-electron chi connectivity index (χ4n) is 3.19. The largest absolute Gasteiger partial charge is 0.461 e. The second-order valence-corrected chi connectivity index (χ2v) is 9.19. The molecule has 11 nitrogen and oxygen atoms in total. The first-order chi connectivity index (χ1) is 15.3. The number of hydrogen-bond acceptors (Lipinski definition) is 8. The first kappa shape index (κ1) is 25.5. The highest BCUT2D eigenvalue weighted by Gasteiger charge is 2.49. The van der Waals surface area contributed by atoms with Gasteiger partial charge in [-0.1, -0.05) is 35.4 Å². The number of carbonyl (C=O) groups excluding carboxylic acids is 3. The van der Waals surface area contributed by atoms with Crippen molar-refractivity contribution in [3.05, 3.63) is 46.3 Å². The van der Waals surface area contributed by atoms with Crippen LogP contribution in [0.3, 0.4) is 0 Å². The van der Waals surface area contributed by atoms with Gasteiger partial charge in [0.1, 0.15) is 24.7 Å². The summed E-state index contributed by atoms with van der Waals surface area (Å²) in [6, 6.07) is 7.63. The maximum Gasteiger partial charge on any atom is 0.349 e. The highest BCUT2D eigenvalue weighted by atomic mass is 31.2. The standard InChI is InChI=1S/C20H27N4O7P/c1-3-30-32(28,31-12-11-18(26)29-13-16-7-5-4-6-8-16)14-24-17(10-9-15(2)25)19(20(24)27)22-23-21/h4-8,17,19H,3,9-14H2,1-2H3/t17-,19+,32?/m1/s1. The molecule has 0 N–H and O–H groups in total. The molecule has 1 aromatic rings. The van der Waals surface area contributed by atoms with Gasteiger partial charge in [0.05, 0.1) is 25.7 Å². The second-order valence-electron chi connectivity index (χ2n) is 7.17. The maximum absolute atomic E-state index is 13.1. The summed E-state index contributed by atoms with van der Waals surface area (Å²) in [7, 11) is -3.76. The summed E-state index contributed by atoms with van der Waals surface area (Å²) in [5.41, 5.74) is 9.51. The van der Waals surface area contributed by atoms with Gasteiger partial charge in [-0.2, -0.15) is 0 Å². The number of nitrogens with zero attached hydrogens (tertiary/aromatic N) is 4. The van der Waals surface area contributed by atoms with Crippen LogP contribution in [-0.2, 0) is 39.3 Å². The monoisotopic (exact) mass is 466 g/mol.